The number of carbonyl (C=O) groups is 2. The van der Waals surface area contributed by atoms with Crippen molar-refractivity contribution in [1.29, 1.82) is 0 Å². The predicted octanol–water partition coefficient (Wildman–Crippen LogP) is 4.31. The van der Waals surface area contributed by atoms with Crippen LogP contribution in [0.15, 0.2) is 48.5 Å². The number of hydrogen-bond acceptors (Lipinski definition) is 3. The number of carbonyl (C=O) groups excluding carboxylic acids is 2. The molecule has 2 aromatic carbocycles. The number of benzene rings is 2. The molecule has 0 saturated heterocycles. The van der Waals surface area contributed by atoms with Crippen molar-refractivity contribution in [2.75, 3.05) is 6.61 Å². The van der Waals surface area contributed by atoms with Gasteiger partial charge in [0.05, 0.1) is 0 Å². The molecule has 2 rings (SSSR count). The molecule has 2 aromatic rings. The SMILES string of the molecule is CCC(C(=O)NC(C)C)N(Cc1cccc(C)c1)C(=O)COc1ccc(I)cc1. The van der Waals surface area contributed by atoms with E-state index in [2.05, 4.69) is 27.9 Å². The Hall–Kier alpha value is -2.09. The molecule has 1 atom stereocenters. The molecule has 0 bridgehead atoms. The smallest absolute Gasteiger partial charge is 0.261 e. The van der Waals surface area contributed by atoms with Crippen molar-refractivity contribution in [2.24, 2.45) is 0 Å². The maximum atomic E-state index is 13.1. The molecular weight excluding hydrogens is 479 g/mol. The van der Waals surface area contributed by atoms with E-state index in [0.717, 1.165) is 14.7 Å². The number of hydrogen-bond donors (Lipinski definition) is 1. The average Bonchev–Trinajstić information content (AvgIpc) is 2.66. The van der Waals surface area contributed by atoms with Gasteiger partial charge in [-0.2, -0.15) is 0 Å². The highest BCUT2D eigenvalue weighted by molar-refractivity contribution is 14.1. The first-order valence-electron chi connectivity index (χ1n) is 9.84. The second-order valence-corrected chi connectivity index (χ2v) is 8.59. The van der Waals surface area contributed by atoms with Crippen LogP contribution in [-0.4, -0.2) is 35.4 Å². The van der Waals surface area contributed by atoms with Crippen LogP contribution >= 0.6 is 22.6 Å². The lowest BCUT2D eigenvalue weighted by atomic mass is 10.1. The van der Waals surface area contributed by atoms with Gasteiger partial charge in [-0.15, -0.1) is 0 Å². The molecule has 0 heterocycles. The summed E-state index contributed by atoms with van der Waals surface area (Å²) in [6, 6.07) is 15.0. The minimum atomic E-state index is -0.550. The normalized spacial score (nSPS) is 11.8. The minimum absolute atomic E-state index is 0.00973. The molecule has 1 N–H and O–H groups in total. The standard InChI is InChI=1S/C23H29IN2O3/c1-5-21(23(28)25-16(2)3)26(14-18-8-6-7-17(4)13-18)22(27)15-29-20-11-9-19(24)10-12-20/h6-13,16,21H,5,14-15H2,1-4H3,(H,25,28). The van der Waals surface area contributed by atoms with E-state index in [4.69, 9.17) is 4.74 Å². The van der Waals surface area contributed by atoms with Gasteiger partial charge in [-0.1, -0.05) is 36.8 Å². The van der Waals surface area contributed by atoms with Crippen molar-refractivity contribution < 1.29 is 14.3 Å². The largest absolute Gasteiger partial charge is 0.484 e. The third-order valence-corrected chi connectivity index (χ3v) is 5.15. The Morgan fingerprint density at radius 3 is 2.41 bits per heavy atom. The molecule has 0 aliphatic rings. The molecule has 6 heteroatoms. The van der Waals surface area contributed by atoms with Gasteiger partial charge in [0.15, 0.2) is 6.61 Å². The van der Waals surface area contributed by atoms with Crippen molar-refractivity contribution in [3.8, 4) is 5.75 Å². The summed E-state index contributed by atoms with van der Waals surface area (Å²) in [4.78, 5) is 27.5. The maximum absolute atomic E-state index is 13.1. The molecule has 0 aliphatic heterocycles. The van der Waals surface area contributed by atoms with Gasteiger partial charge in [0.25, 0.3) is 5.91 Å². The Kier molecular flexibility index (Phi) is 8.95. The fourth-order valence-electron chi connectivity index (χ4n) is 3.07. The highest BCUT2D eigenvalue weighted by atomic mass is 127. The lowest BCUT2D eigenvalue weighted by Gasteiger charge is -2.31. The van der Waals surface area contributed by atoms with Crippen molar-refractivity contribution in [2.45, 2.75) is 52.7 Å². The van der Waals surface area contributed by atoms with E-state index in [1.54, 1.807) is 4.90 Å². The first kappa shape index (κ1) is 23.2. The molecule has 0 radical (unpaired) electrons. The van der Waals surface area contributed by atoms with Gasteiger partial charge in [0.1, 0.15) is 11.8 Å². The Morgan fingerprint density at radius 1 is 1.14 bits per heavy atom. The Bertz CT molecular complexity index is 821. The van der Waals surface area contributed by atoms with Gasteiger partial charge >= 0.3 is 0 Å². The Labute approximate surface area is 187 Å². The molecule has 0 aliphatic carbocycles. The summed E-state index contributed by atoms with van der Waals surface area (Å²) in [5.74, 6) is 0.280. The molecule has 1 unspecified atom stereocenters. The average molecular weight is 508 g/mol. The van der Waals surface area contributed by atoms with Crippen LogP contribution in [0, 0.1) is 10.5 Å². The number of ether oxygens (including phenoxy) is 1. The Morgan fingerprint density at radius 2 is 1.83 bits per heavy atom. The van der Waals surface area contributed by atoms with Crippen LogP contribution in [0.4, 0.5) is 0 Å². The molecule has 29 heavy (non-hydrogen) atoms. The third kappa shape index (κ3) is 7.34. The Balaban J connectivity index is 2.20. The van der Waals surface area contributed by atoms with Crippen molar-refractivity contribution >= 4 is 34.4 Å². The quantitative estimate of drug-likeness (QED) is 0.514. The molecular formula is C23H29IN2O3. The van der Waals surface area contributed by atoms with E-state index in [0.29, 0.717) is 18.7 Å². The number of nitrogens with one attached hydrogen (secondary N) is 1. The molecule has 0 saturated carbocycles. The lowest BCUT2D eigenvalue weighted by molar-refractivity contribution is -0.143. The zero-order chi connectivity index (χ0) is 21.4. The summed E-state index contributed by atoms with van der Waals surface area (Å²) >= 11 is 2.22. The van der Waals surface area contributed by atoms with Crippen LogP contribution in [0.1, 0.15) is 38.3 Å². The van der Waals surface area contributed by atoms with Gasteiger partial charge in [-0.3, -0.25) is 9.59 Å². The minimum Gasteiger partial charge on any atom is -0.484 e. The van der Waals surface area contributed by atoms with E-state index in [9.17, 15) is 9.59 Å². The summed E-state index contributed by atoms with van der Waals surface area (Å²) < 4.78 is 6.79. The first-order chi connectivity index (χ1) is 13.8. The van der Waals surface area contributed by atoms with Crippen LogP contribution in [0.5, 0.6) is 5.75 Å². The second-order valence-electron chi connectivity index (χ2n) is 7.34. The molecule has 5 nitrogen and oxygen atoms in total. The summed E-state index contributed by atoms with van der Waals surface area (Å²) in [5, 5.41) is 2.93. The van der Waals surface area contributed by atoms with Crippen LogP contribution in [-0.2, 0) is 16.1 Å². The predicted molar refractivity (Wildman–Crippen MR) is 124 cm³/mol. The van der Waals surface area contributed by atoms with Crippen molar-refractivity contribution in [3.05, 3.63) is 63.2 Å². The number of amides is 2. The highest BCUT2D eigenvalue weighted by Gasteiger charge is 2.29. The topological polar surface area (TPSA) is 58.6 Å². The second kappa shape index (κ2) is 11.2. The van der Waals surface area contributed by atoms with Crippen molar-refractivity contribution in [3.63, 3.8) is 0 Å². The third-order valence-electron chi connectivity index (χ3n) is 4.43. The summed E-state index contributed by atoms with van der Waals surface area (Å²) in [6.45, 7) is 8.01. The summed E-state index contributed by atoms with van der Waals surface area (Å²) in [7, 11) is 0. The highest BCUT2D eigenvalue weighted by Crippen LogP contribution is 2.16. The fraction of sp³-hybridized carbons (Fsp3) is 0.391. The van der Waals surface area contributed by atoms with Crippen molar-refractivity contribution in [1.82, 2.24) is 10.2 Å². The number of rotatable bonds is 9. The van der Waals surface area contributed by atoms with Crippen LogP contribution < -0.4 is 10.1 Å². The van der Waals surface area contributed by atoms with E-state index in [1.165, 1.54) is 0 Å². The molecule has 0 aromatic heterocycles. The van der Waals surface area contributed by atoms with Gasteiger partial charge in [-0.25, -0.2) is 0 Å². The van der Waals surface area contributed by atoms with E-state index in [-0.39, 0.29) is 24.5 Å². The van der Waals surface area contributed by atoms with Gasteiger partial charge in [-0.05, 0) is 79.6 Å². The van der Waals surface area contributed by atoms with E-state index >= 15 is 0 Å². The van der Waals surface area contributed by atoms with E-state index < -0.39 is 6.04 Å². The van der Waals surface area contributed by atoms with Crippen LogP contribution in [0.3, 0.4) is 0 Å². The lowest BCUT2D eigenvalue weighted by Crippen LogP contribution is -2.51. The summed E-state index contributed by atoms with van der Waals surface area (Å²) in [6.07, 6.45) is 0.527. The number of halogens is 1. The zero-order valence-electron chi connectivity index (χ0n) is 17.4. The monoisotopic (exact) mass is 508 g/mol. The van der Waals surface area contributed by atoms with Gasteiger partial charge < -0.3 is 15.0 Å². The molecule has 0 fully saturated rings. The van der Waals surface area contributed by atoms with Crippen LogP contribution in [0.25, 0.3) is 0 Å². The molecule has 156 valence electrons. The summed E-state index contributed by atoms with van der Waals surface area (Å²) in [5.41, 5.74) is 2.10. The van der Waals surface area contributed by atoms with E-state index in [1.807, 2.05) is 76.2 Å². The first-order valence-corrected chi connectivity index (χ1v) is 10.9. The van der Waals surface area contributed by atoms with Gasteiger partial charge in [0.2, 0.25) is 5.91 Å². The number of nitrogens with zero attached hydrogens (tertiary/aromatic N) is 1. The van der Waals surface area contributed by atoms with Gasteiger partial charge in [0, 0.05) is 16.2 Å². The molecule has 2 amide bonds. The zero-order valence-corrected chi connectivity index (χ0v) is 19.6. The molecule has 0 spiro atoms. The fourth-order valence-corrected chi connectivity index (χ4v) is 3.43. The number of aryl methyl sites for hydroxylation is 1. The van der Waals surface area contributed by atoms with Crippen LogP contribution in [0.2, 0.25) is 0 Å². The maximum Gasteiger partial charge on any atom is 0.261 e.